The van der Waals surface area contributed by atoms with Crippen molar-refractivity contribution in [2.75, 3.05) is 5.32 Å². The van der Waals surface area contributed by atoms with Gasteiger partial charge in [0.1, 0.15) is 11.6 Å². The minimum atomic E-state index is -0.338. The summed E-state index contributed by atoms with van der Waals surface area (Å²) in [5.41, 5.74) is 1.90. The van der Waals surface area contributed by atoms with Gasteiger partial charge < -0.3 is 10.6 Å². The molecule has 6 heteroatoms. The molecule has 1 heterocycles. The van der Waals surface area contributed by atoms with Gasteiger partial charge in [-0.2, -0.15) is 0 Å². The molecule has 5 nitrogen and oxygen atoms in total. The maximum atomic E-state index is 13.4. The van der Waals surface area contributed by atoms with Crippen molar-refractivity contribution in [1.29, 1.82) is 0 Å². The molecule has 0 bridgehead atoms. The zero-order valence-corrected chi connectivity index (χ0v) is 15.2. The normalized spacial score (nSPS) is 11.7. The van der Waals surface area contributed by atoms with Crippen LogP contribution in [0.2, 0.25) is 0 Å². The number of carbonyl (C=O) groups is 1. The fourth-order valence-electron chi connectivity index (χ4n) is 2.49. The maximum absolute atomic E-state index is 13.4. The lowest BCUT2D eigenvalue weighted by Crippen LogP contribution is -2.31. The predicted molar refractivity (Wildman–Crippen MR) is 104 cm³/mol. The third-order valence-corrected chi connectivity index (χ3v) is 4.13. The van der Waals surface area contributed by atoms with Crippen LogP contribution >= 0.6 is 0 Å². The van der Waals surface area contributed by atoms with Crippen LogP contribution in [0.1, 0.15) is 30.6 Å². The summed E-state index contributed by atoms with van der Waals surface area (Å²) in [5.74, 6) is 0.527. The number of rotatable bonds is 6. The summed E-state index contributed by atoms with van der Waals surface area (Å²) >= 11 is 0. The molecule has 0 spiro atoms. The minimum Gasteiger partial charge on any atom is -0.350 e. The average Bonchev–Trinajstić information content (AvgIpc) is 2.68. The van der Waals surface area contributed by atoms with Gasteiger partial charge in [0.25, 0.3) is 5.91 Å². The van der Waals surface area contributed by atoms with E-state index in [9.17, 15) is 9.18 Å². The summed E-state index contributed by atoms with van der Waals surface area (Å²) in [6.07, 6.45) is 2.47. The molecule has 1 amide bonds. The highest BCUT2D eigenvalue weighted by atomic mass is 19.1. The number of benzene rings is 2. The molecule has 0 saturated heterocycles. The first-order valence-electron chi connectivity index (χ1n) is 8.82. The lowest BCUT2D eigenvalue weighted by Gasteiger charge is -2.12. The molecule has 0 radical (unpaired) electrons. The molecular formula is C21H21FN4O. The number of nitrogens with zero attached hydrogens (tertiary/aromatic N) is 2. The summed E-state index contributed by atoms with van der Waals surface area (Å²) in [7, 11) is 0. The van der Waals surface area contributed by atoms with Crippen LogP contribution in [-0.2, 0) is 0 Å². The second-order valence-electron chi connectivity index (χ2n) is 6.26. The molecular weight excluding hydrogens is 343 g/mol. The number of halogens is 1. The number of hydrogen-bond donors (Lipinski definition) is 2. The molecule has 1 aromatic heterocycles. The average molecular weight is 364 g/mol. The Morgan fingerprint density at radius 1 is 1.15 bits per heavy atom. The van der Waals surface area contributed by atoms with E-state index < -0.39 is 0 Å². The molecule has 27 heavy (non-hydrogen) atoms. The van der Waals surface area contributed by atoms with Crippen molar-refractivity contribution < 1.29 is 9.18 Å². The summed E-state index contributed by atoms with van der Waals surface area (Å²) in [5, 5.41) is 6.11. The molecule has 2 N–H and O–H groups in total. The molecule has 3 rings (SSSR count). The molecule has 0 aliphatic heterocycles. The molecule has 0 unspecified atom stereocenters. The van der Waals surface area contributed by atoms with Crippen LogP contribution in [0.3, 0.4) is 0 Å². The van der Waals surface area contributed by atoms with Crippen LogP contribution < -0.4 is 10.6 Å². The fraction of sp³-hybridized carbons (Fsp3) is 0.190. The highest BCUT2D eigenvalue weighted by Crippen LogP contribution is 2.20. The highest BCUT2D eigenvalue weighted by Gasteiger charge is 2.10. The Kier molecular flexibility index (Phi) is 5.76. The first-order chi connectivity index (χ1) is 13.0. The zero-order chi connectivity index (χ0) is 19.2. The van der Waals surface area contributed by atoms with Crippen LogP contribution in [0.5, 0.6) is 0 Å². The van der Waals surface area contributed by atoms with E-state index in [2.05, 4.69) is 20.6 Å². The SMILES string of the molecule is CC[C@H](C)NC(=O)c1cccc(Nc2ccnc(-c3cccc(F)c3)n2)c1. The first-order valence-corrected chi connectivity index (χ1v) is 8.82. The summed E-state index contributed by atoms with van der Waals surface area (Å²) in [4.78, 5) is 20.9. The van der Waals surface area contributed by atoms with Gasteiger partial charge in [0.05, 0.1) is 0 Å². The summed E-state index contributed by atoms with van der Waals surface area (Å²) in [6.45, 7) is 3.99. The summed E-state index contributed by atoms with van der Waals surface area (Å²) < 4.78 is 13.4. The molecule has 0 saturated carbocycles. The Morgan fingerprint density at radius 2 is 1.96 bits per heavy atom. The Bertz CT molecular complexity index is 945. The van der Waals surface area contributed by atoms with Crippen LogP contribution in [0.25, 0.3) is 11.4 Å². The monoisotopic (exact) mass is 364 g/mol. The molecule has 138 valence electrons. The molecule has 0 aliphatic rings. The molecule has 2 aromatic carbocycles. The Labute approximate surface area is 157 Å². The van der Waals surface area contributed by atoms with E-state index in [-0.39, 0.29) is 17.8 Å². The van der Waals surface area contributed by atoms with E-state index in [1.54, 1.807) is 36.5 Å². The van der Waals surface area contributed by atoms with E-state index >= 15 is 0 Å². The number of aromatic nitrogens is 2. The number of nitrogens with one attached hydrogen (secondary N) is 2. The van der Waals surface area contributed by atoms with Crippen molar-refractivity contribution in [1.82, 2.24) is 15.3 Å². The standard InChI is InChI=1S/C21H21FN4O/c1-3-14(2)24-21(27)16-7-5-9-18(13-16)25-19-10-11-23-20(26-19)15-6-4-8-17(22)12-15/h4-14H,3H2,1-2H3,(H,24,27)(H,23,25,26)/t14-/m0/s1. The fourth-order valence-corrected chi connectivity index (χ4v) is 2.49. The highest BCUT2D eigenvalue weighted by molar-refractivity contribution is 5.95. The Hall–Kier alpha value is -3.28. The van der Waals surface area contributed by atoms with Gasteiger partial charge in [-0.25, -0.2) is 14.4 Å². The molecule has 0 aliphatic carbocycles. The molecule has 0 fully saturated rings. The third kappa shape index (κ3) is 4.88. The van der Waals surface area contributed by atoms with Crippen molar-refractivity contribution >= 4 is 17.4 Å². The van der Waals surface area contributed by atoms with Gasteiger partial charge in [-0.1, -0.05) is 25.1 Å². The van der Waals surface area contributed by atoms with E-state index in [0.717, 1.165) is 12.1 Å². The lowest BCUT2D eigenvalue weighted by atomic mass is 10.1. The molecule has 3 aromatic rings. The Balaban J connectivity index is 1.79. The van der Waals surface area contributed by atoms with Gasteiger partial charge >= 0.3 is 0 Å². The van der Waals surface area contributed by atoms with Crippen molar-refractivity contribution in [3.63, 3.8) is 0 Å². The quantitative estimate of drug-likeness (QED) is 0.673. The number of anilines is 2. The smallest absolute Gasteiger partial charge is 0.251 e. The van der Waals surface area contributed by atoms with Crippen LogP contribution in [-0.4, -0.2) is 21.9 Å². The summed E-state index contributed by atoms with van der Waals surface area (Å²) in [6, 6.07) is 15.2. The van der Waals surface area contributed by atoms with Gasteiger partial charge in [0, 0.05) is 29.1 Å². The van der Waals surface area contributed by atoms with Gasteiger partial charge in [-0.3, -0.25) is 4.79 Å². The number of hydrogen-bond acceptors (Lipinski definition) is 4. The van der Waals surface area contributed by atoms with E-state index in [1.165, 1.54) is 12.1 Å². The van der Waals surface area contributed by atoms with Crippen molar-refractivity contribution in [3.05, 3.63) is 72.2 Å². The number of amides is 1. The topological polar surface area (TPSA) is 66.9 Å². The molecule has 1 atom stereocenters. The van der Waals surface area contributed by atoms with Crippen molar-refractivity contribution in [3.8, 4) is 11.4 Å². The van der Waals surface area contributed by atoms with Gasteiger partial charge in [0.15, 0.2) is 5.82 Å². The largest absolute Gasteiger partial charge is 0.350 e. The van der Waals surface area contributed by atoms with E-state index in [1.807, 2.05) is 26.0 Å². The van der Waals surface area contributed by atoms with Gasteiger partial charge in [0.2, 0.25) is 0 Å². The second-order valence-corrected chi connectivity index (χ2v) is 6.26. The Morgan fingerprint density at radius 3 is 2.74 bits per heavy atom. The van der Waals surface area contributed by atoms with Crippen LogP contribution in [0.15, 0.2) is 60.8 Å². The van der Waals surface area contributed by atoms with Gasteiger partial charge in [-0.05, 0) is 49.7 Å². The van der Waals surface area contributed by atoms with Crippen LogP contribution in [0, 0.1) is 5.82 Å². The predicted octanol–water partition coefficient (Wildman–Crippen LogP) is 4.55. The van der Waals surface area contributed by atoms with Crippen molar-refractivity contribution in [2.24, 2.45) is 0 Å². The van der Waals surface area contributed by atoms with Crippen LogP contribution in [0.4, 0.5) is 15.9 Å². The third-order valence-electron chi connectivity index (χ3n) is 4.13. The van der Waals surface area contributed by atoms with E-state index in [0.29, 0.717) is 22.8 Å². The first kappa shape index (κ1) is 18.5. The number of carbonyl (C=O) groups excluding carboxylic acids is 1. The van der Waals surface area contributed by atoms with Gasteiger partial charge in [-0.15, -0.1) is 0 Å². The zero-order valence-electron chi connectivity index (χ0n) is 15.2. The maximum Gasteiger partial charge on any atom is 0.251 e. The van der Waals surface area contributed by atoms with E-state index in [4.69, 9.17) is 0 Å². The van der Waals surface area contributed by atoms with Crippen molar-refractivity contribution in [2.45, 2.75) is 26.3 Å². The minimum absolute atomic E-state index is 0.115. The second kappa shape index (κ2) is 8.40. The lowest BCUT2D eigenvalue weighted by molar-refractivity contribution is 0.0939.